The number of carbonyl (C=O) groups is 1. The van der Waals surface area contributed by atoms with Crippen molar-refractivity contribution in [1.29, 1.82) is 0 Å². The highest BCUT2D eigenvalue weighted by atomic mass is 19.1. The predicted octanol–water partition coefficient (Wildman–Crippen LogP) is 1.38. The molecule has 1 rings (SSSR count). The van der Waals surface area contributed by atoms with Gasteiger partial charge in [-0.15, -0.1) is 0 Å². The largest absolute Gasteiger partial charge is 0.480 e. The average molecular weight is 211 g/mol. The first-order valence-electron chi connectivity index (χ1n) is 4.64. The van der Waals surface area contributed by atoms with Crippen molar-refractivity contribution in [2.24, 2.45) is 0 Å². The van der Waals surface area contributed by atoms with E-state index in [9.17, 15) is 9.18 Å². The van der Waals surface area contributed by atoms with Crippen LogP contribution in [0.2, 0.25) is 0 Å². The summed E-state index contributed by atoms with van der Waals surface area (Å²) < 4.78 is 12.9. The summed E-state index contributed by atoms with van der Waals surface area (Å²) in [7, 11) is 3.39. The van der Waals surface area contributed by atoms with Crippen molar-refractivity contribution < 1.29 is 14.3 Å². The van der Waals surface area contributed by atoms with E-state index in [0.717, 1.165) is 0 Å². The molecule has 0 spiro atoms. The normalized spacial score (nSPS) is 12.8. The zero-order chi connectivity index (χ0) is 11.4. The van der Waals surface area contributed by atoms with Crippen molar-refractivity contribution in [2.75, 3.05) is 14.1 Å². The van der Waals surface area contributed by atoms with Gasteiger partial charge >= 0.3 is 5.97 Å². The topological polar surface area (TPSA) is 40.5 Å². The van der Waals surface area contributed by atoms with Crippen LogP contribution < -0.4 is 0 Å². The summed E-state index contributed by atoms with van der Waals surface area (Å²) in [5.74, 6) is -1.24. The molecule has 0 saturated heterocycles. The maximum Gasteiger partial charge on any atom is 0.321 e. The van der Waals surface area contributed by atoms with E-state index in [2.05, 4.69) is 0 Å². The molecule has 82 valence electrons. The Morgan fingerprint density at radius 1 is 1.53 bits per heavy atom. The van der Waals surface area contributed by atoms with Crippen LogP contribution in [0.1, 0.15) is 5.56 Å². The van der Waals surface area contributed by atoms with E-state index in [1.807, 2.05) is 0 Å². The number of hydrogen-bond donors (Lipinski definition) is 1. The zero-order valence-corrected chi connectivity index (χ0v) is 8.77. The molecule has 0 bridgehead atoms. The lowest BCUT2D eigenvalue weighted by Crippen LogP contribution is -2.37. The van der Waals surface area contributed by atoms with Crippen molar-refractivity contribution in [1.82, 2.24) is 4.90 Å². The molecule has 4 heteroatoms. The molecule has 3 nitrogen and oxygen atoms in total. The van der Waals surface area contributed by atoms with E-state index >= 15 is 0 Å². The van der Waals surface area contributed by atoms with Gasteiger partial charge in [-0.05, 0) is 38.2 Å². The van der Waals surface area contributed by atoms with Gasteiger partial charge in [-0.3, -0.25) is 9.69 Å². The van der Waals surface area contributed by atoms with Gasteiger partial charge in [0, 0.05) is 0 Å². The highest BCUT2D eigenvalue weighted by Crippen LogP contribution is 2.09. The lowest BCUT2D eigenvalue weighted by atomic mass is 10.1. The minimum Gasteiger partial charge on any atom is -0.480 e. The van der Waals surface area contributed by atoms with Gasteiger partial charge in [-0.1, -0.05) is 12.1 Å². The molecule has 15 heavy (non-hydrogen) atoms. The minimum atomic E-state index is -0.899. The van der Waals surface area contributed by atoms with Crippen LogP contribution in [0, 0.1) is 5.82 Å². The summed E-state index contributed by atoms with van der Waals surface area (Å²) in [5.41, 5.74) is 0.691. The van der Waals surface area contributed by atoms with Crippen LogP contribution in [0.15, 0.2) is 24.3 Å². The first kappa shape index (κ1) is 11.7. The molecule has 0 aliphatic carbocycles. The monoisotopic (exact) mass is 211 g/mol. The second kappa shape index (κ2) is 4.89. The first-order chi connectivity index (χ1) is 7.00. The molecule has 0 fully saturated rings. The molecule has 1 atom stereocenters. The number of carboxylic acids is 1. The van der Waals surface area contributed by atoms with E-state index in [1.54, 1.807) is 31.1 Å². The molecule has 0 amide bonds. The molecule has 0 aromatic heterocycles. The fourth-order valence-corrected chi connectivity index (χ4v) is 1.38. The number of likely N-dealkylation sites (N-methyl/N-ethyl adjacent to an activating group) is 1. The van der Waals surface area contributed by atoms with Crippen LogP contribution in [0.5, 0.6) is 0 Å². The number of hydrogen-bond acceptors (Lipinski definition) is 2. The summed E-state index contributed by atoms with van der Waals surface area (Å²) >= 11 is 0. The highest BCUT2D eigenvalue weighted by Gasteiger charge is 2.20. The smallest absolute Gasteiger partial charge is 0.321 e. The zero-order valence-electron chi connectivity index (χ0n) is 8.77. The standard InChI is InChI=1S/C11H14FNO2/c1-13(2)10(11(14)15)7-8-4-3-5-9(12)6-8/h3-6,10H,7H2,1-2H3,(H,14,15)/t10-/m0/s1. The quantitative estimate of drug-likeness (QED) is 0.818. The van der Waals surface area contributed by atoms with E-state index in [0.29, 0.717) is 12.0 Å². The number of halogens is 1. The summed E-state index contributed by atoms with van der Waals surface area (Å²) in [5, 5.41) is 8.94. The Balaban J connectivity index is 2.79. The van der Waals surface area contributed by atoms with Crippen LogP contribution in [0.25, 0.3) is 0 Å². The van der Waals surface area contributed by atoms with Crippen LogP contribution in [0.4, 0.5) is 4.39 Å². The number of carboxylic acid groups (broad SMARTS) is 1. The van der Waals surface area contributed by atoms with Gasteiger partial charge < -0.3 is 5.11 Å². The Kier molecular flexibility index (Phi) is 3.80. The fraction of sp³-hybridized carbons (Fsp3) is 0.364. The van der Waals surface area contributed by atoms with E-state index in [-0.39, 0.29) is 5.82 Å². The molecule has 1 N–H and O–H groups in total. The van der Waals surface area contributed by atoms with E-state index < -0.39 is 12.0 Å². The van der Waals surface area contributed by atoms with Crippen LogP contribution >= 0.6 is 0 Å². The van der Waals surface area contributed by atoms with E-state index in [1.165, 1.54) is 12.1 Å². The van der Waals surface area contributed by atoms with Gasteiger partial charge in [0.15, 0.2) is 0 Å². The molecule has 0 radical (unpaired) electrons. The summed E-state index contributed by atoms with van der Waals surface area (Å²) in [6, 6.07) is 5.39. The second-order valence-corrected chi connectivity index (χ2v) is 3.65. The number of benzene rings is 1. The maximum atomic E-state index is 12.9. The molecule has 0 aliphatic heterocycles. The lowest BCUT2D eigenvalue weighted by molar-refractivity contribution is -0.142. The first-order valence-corrected chi connectivity index (χ1v) is 4.64. The Morgan fingerprint density at radius 2 is 2.20 bits per heavy atom. The van der Waals surface area contributed by atoms with Gasteiger partial charge in [0.2, 0.25) is 0 Å². The van der Waals surface area contributed by atoms with E-state index in [4.69, 9.17) is 5.11 Å². The predicted molar refractivity (Wildman–Crippen MR) is 55.2 cm³/mol. The van der Waals surface area contributed by atoms with Crippen LogP contribution in [0.3, 0.4) is 0 Å². The average Bonchev–Trinajstić information content (AvgIpc) is 2.13. The summed E-state index contributed by atoms with van der Waals surface area (Å²) in [6.45, 7) is 0. The van der Waals surface area contributed by atoms with Gasteiger partial charge in [-0.25, -0.2) is 4.39 Å². The Labute approximate surface area is 88.1 Å². The number of rotatable bonds is 4. The number of aliphatic carboxylic acids is 1. The fourth-order valence-electron chi connectivity index (χ4n) is 1.38. The molecule has 1 aromatic rings. The molecule has 1 aromatic carbocycles. The van der Waals surface area contributed by atoms with Gasteiger partial charge in [0.05, 0.1) is 0 Å². The maximum absolute atomic E-state index is 12.9. The molecule has 0 aliphatic rings. The third kappa shape index (κ3) is 3.32. The van der Waals surface area contributed by atoms with Gasteiger partial charge in [0.25, 0.3) is 0 Å². The number of nitrogens with zero attached hydrogens (tertiary/aromatic N) is 1. The lowest BCUT2D eigenvalue weighted by Gasteiger charge is -2.19. The Bertz CT molecular complexity index is 352. The second-order valence-electron chi connectivity index (χ2n) is 3.65. The summed E-state index contributed by atoms with van der Waals surface area (Å²) in [4.78, 5) is 12.5. The van der Waals surface area contributed by atoms with Gasteiger partial charge in [-0.2, -0.15) is 0 Å². The highest BCUT2D eigenvalue weighted by molar-refractivity contribution is 5.73. The van der Waals surface area contributed by atoms with Gasteiger partial charge in [0.1, 0.15) is 11.9 Å². The SMILES string of the molecule is CN(C)[C@@H](Cc1cccc(F)c1)C(=O)O. The molecule has 0 saturated carbocycles. The molecular formula is C11H14FNO2. The van der Waals surface area contributed by atoms with Crippen molar-refractivity contribution in [3.8, 4) is 0 Å². The van der Waals surface area contributed by atoms with Crippen molar-refractivity contribution in [3.05, 3.63) is 35.6 Å². The van der Waals surface area contributed by atoms with Crippen molar-refractivity contribution in [3.63, 3.8) is 0 Å². The molecule has 0 unspecified atom stereocenters. The minimum absolute atomic E-state index is 0.306. The van der Waals surface area contributed by atoms with Crippen LogP contribution in [-0.4, -0.2) is 36.1 Å². The Morgan fingerprint density at radius 3 is 2.67 bits per heavy atom. The third-order valence-corrected chi connectivity index (χ3v) is 2.23. The Hall–Kier alpha value is -1.42. The van der Waals surface area contributed by atoms with Crippen LogP contribution in [-0.2, 0) is 11.2 Å². The summed E-state index contributed by atoms with van der Waals surface area (Å²) in [6.07, 6.45) is 0.306. The van der Waals surface area contributed by atoms with Crippen molar-refractivity contribution in [2.45, 2.75) is 12.5 Å². The molecule has 0 heterocycles. The van der Waals surface area contributed by atoms with Crippen molar-refractivity contribution >= 4 is 5.97 Å². The molecular weight excluding hydrogens is 197 g/mol. The third-order valence-electron chi connectivity index (χ3n) is 2.23.